The molecule has 6 aliphatic rings. The topological polar surface area (TPSA) is 132 Å². The number of ether oxygens (including phenoxy) is 4. The van der Waals surface area contributed by atoms with Crippen molar-refractivity contribution in [1.29, 1.82) is 0 Å². The Kier molecular flexibility index (Phi) is 7.86. The zero-order chi connectivity index (χ0) is 30.2. The van der Waals surface area contributed by atoms with E-state index >= 15 is 0 Å². The molecule has 4 saturated carbocycles. The van der Waals surface area contributed by atoms with Gasteiger partial charge in [-0.3, -0.25) is 4.79 Å². The Morgan fingerprint density at radius 3 is 2.52 bits per heavy atom. The lowest BCUT2D eigenvalue weighted by Crippen LogP contribution is -2.62. The first-order valence-corrected chi connectivity index (χ1v) is 16.1. The number of carbonyl (C=O) groups is 2. The number of methoxy groups -OCH3 is 1. The Balaban J connectivity index is 1.20. The summed E-state index contributed by atoms with van der Waals surface area (Å²) in [6.45, 7) is 8.03. The van der Waals surface area contributed by atoms with Gasteiger partial charge in [0.15, 0.2) is 0 Å². The molecular formula is C33H50O9. The molecule has 2 heterocycles. The monoisotopic (exact) mass is 590 g/mol. The zero-order valence-corrected chi connectivity index (χ0v) is 25.8. The van der Waals surface area contributed by atoms with Crippen molar-refractivity contribution in [2.24, 2.45) is 40.4 Å². The zero-order valence-electron chi connectivity index (χ0n) is 25.8. The molecule has 0 amide bonds. The summed E-state index contributed by atoms with van der Waals surface area (Å²) in [5, 5.41) is 34.0. The maximum Gasteiger partial charge on any atom is 0.331 e. The summed E-state index contributed by atoms with van der Waals surface area (Å²) in [4.78, 5) is 24.2. The third kappa shape index (κ3) is 4.59. The summed E-state index contributed by atoms with van der Waals surface area (Å²) in [6, 6.07) is 0. The van der Waals surface area contributed by atoms with Gasteiger partial charge < -0.3 is 34.3 Å². The van der Waals surface area contributed by atoms with Crippen LogP contribution in [0.2, 0.25) is 0 Å². The molecule has 42 heavy (non-hydrogen) atoms. The van der Waals surface area contributed by atoms with Crippen molar-refractivity contribution in [3.8, 4) is 0 Å². The third-order valence-electron chi connectivity index (χ3n) is 13.1. The number of carbonyl (C=O) groups excluding carboxylic acids is 2. The van der Waals surface area contributed by atoms with Crippen LogP contribution in [0.15, 0.2) is 11.6 Å². The molecule has 9 heteroatoms. The smallest absolute Gasteiger partial charge is 0.331 e. The summed E-state index contributed by atoms with van der Waals surface area (Å²) in [6.07, 6.45) is 6.08. The molecule has 2 aliphatic heterocycles. The van der Waals surface area contributed by atoms with Crippen LogP contribution < -0.4 is 0 Å². The van der Waals surface area contributed by atoms with Gasteiger partial charge in [-0.1, -0.05) is 13.8 Å². The van der Waals surface area contributed by atoms with Gasteiger partial charge in [0.05, 0.1) is 17.8 Å². The predicted octanol–water partition coefficient (Wildman–Crippen LogP) is 3.32. The molecule has 1 saturated heterocycles. The molecule has 4 aliphatic carbocycles. The summed E-state index contributed by atoms with van der Waals surface area (Å²) in [5.41, 5.74) is -0.568. The van der Waals surface area contributed by atoms with Crippen LogP contribution in [0.25, 0.3) is 0 Å². The van der Waals surface area contributed by atoms with Crippen molar-refractivity contribution in [2.75, 3.05) is 13.7 Å². The van der Waals surface area contributed by atoms with Crippen LogP contribution in [0, 0.1) is 40.4 Å². The highest BCUT2D eigenvalue weighted by atomic mass is 16.6. The molecule has 6 rings (SSSR count). The van der Waals surface area contributed by atoms with Gasteiger partial charge in [0.25, 0.3) is 0 Å². The lowest BCUT2D eigenvalue weighted by Gasteiger charge is -2.63. The number of rotatable bonds is 5. The molecule has 0 radical (unpaired) electrons. The molecule has 0 aromatic rings. The van der Waals surface area contributed by atoms with Gasteiger partial charge in [0.2, 0.25) is 0 Å². The van der Waals surface area contributed by atoms with E-state index in [9.17, 15) is 24.9 Å². The summed E-state index contributed by atoms with van der Waals surface area (Å²) >= 11 is 0. The predicted molar refractivity (Wildman–Crippen MR) is 152 cm³/mol. The fraction of sp³-hybridized carbons (Fsp3) is 0.879. The van der Waals surface area contributed by atoms with Gasteiger partial charge in [-0.15, -0.1) is 0 Å². The first kappa shape index (κ1) is 30.5. The molecule has 236 valence electrons. The van der Waals surface area contributed by atoms with Crippen LogP contribution in [0.1, 0.15) is 85.5 Å². The van der Waals surface area contributed by atoms with Crippen molar-refractivity contribution in [1.82, 2.24) is 0 Å². The van der Waals surface area contributed by atoms with E-state index in [-0.39, 0.29) is 48.0 Å². The lowest BCUT2D eigenvalue weighted by molar-refractivity contribution is -0.231. The molecular weight excluding hydrogens is 540 g/mol. The molecule has 0 unspecified atom stereocenters. The van der Waals surface area contributed by atoms with Gasteiger partial charge in [0.1, 0.15) is 31.0 Å². The van der Waals surface area contributed by atoms with E-state index in [1.165, 1.54) is 14.0 Å². The summed E-state index contributed by atoms with van der Waals surface area (Å²) < 4.78 is 22.7. The van der Waals surface area contributed by atoms with Crippen LogP contribution in [0.5, 0.6) is 0 Å². The quantitative estimate of drug-likeness (QED) is 0.413. The first-order valence-electron chi connectivity index (χ1n) is 16.1. The van der Waals surface area contributed by atoms with E-state index in [2.05, 4.69) is 13.8 Å². The number of aliphatic hydroxyl groups excluding tert-OH is 2. The van der Waals surface area contributed by atoms with Crippen LogP contribution in [0.3, 0.4) is 0 Å². The van der Waals surface area contributed by atoms with Gasteiger partial charge in [-0.25, -0.2) is 4.79 Å². The highest BCUT2D eigenvalue weighted by Gasteiger charge is 2.71. The molecule has 0 aromatic carbocycles. The first-order chi connectivity index (χ1) is 19.8. The van der Waals surface area contributed by atoms with Crippen molar-refractivity contribution < 1.29 is 43.9 Å². The van der Waals surface area contributed by atoms with E-state index in [1.807, 2.05) is 6.92 Å². The largest absolute Gasteiger partial charge is 0.462 e. The van der Waals surface area contributed by atoms with Gasteiger partial charge >= 0.3 is 11.9 Å². The van der Waals surface area contributed by atoms with E-state index < -0.39 is 35.4 Å². The normalized spacial score (nSPS) is 52.0. The molecule has 0 bridgehead atoms. The van der Waals surface area contributed by atoms with Crippen LogP contribution in [-0.2, 0) is 28.5 Å². The average Bonchev–Trinajstić information content (AvgIpc) is 3.44. The van der Waals surface area contributed by atoms with Crippen molar-refractivity contribution >= 4 is 11.9 Å². The third-order valence-corrected chi connectivity index (χ3v) is 13.1. The van der Waals surface area contributed by atoms with E-state index in [1.54, 1.807) is 6.08 Å². The lowest BCUT2D eigenvalue weighted by atomic mass is 9.42. The standard InChI is InChI=1S/C33H50O9/c1-17-28(36)30(39-5)29(37)24(41-17)13-19-8-10-31(3)21(12-19)6-7-23-22(31)9-11-32(4)27(20-14-26(35)40-16-20)25(42-18(2)34)15-33(23,32)38/h14,17,19,21-25,27-30,36-38H,6-13,15-16H2,1-5H3/t17-,19-,21+,22-,23+,24-,25-,27-,28-,29-,30+,31-,32+,33-/m0/s1. The van der Waals surface area contributed by atoms with Crippen LogP contribution in [0.4, 0.5) is 0 Å². The highest BCUT2D eigenvalue weighted by Crippen LogP contribution is 2.70. The Morgan fingerprint density at radius 1 is 1.10 bits per heavy atom. The summed E-state index contributed by atoms with van der Waals surface area (Å²) in [7, 11) is 1.53. The van der Waals surface area contributed by atoms with Crippen molar-refractivity contribution in [2.45, 2.75) is 128 Å². The van der Waals surface area contributed by atoms with Crippen LogP contribution in [-0.4, -0.2) is 83.2 Å². The Labute approximate surface area is 249 Å². The van der Waals surface area contributed by atoms with E-state index in [0.29, 0.717) is 24.2 Å². The van der Waals surface area contributed by atoms with Gasteiger partial charge in [-0.2, -0.15) is 0 Å². The molecule has 5 fully saturated rings. The van der Waals surface area contributed by atoms with Gasteiger partial charge in [0, 0.05) is 37.9 Å². The highest BCUT2D eigenvalue weighted by molar-refractivity contribution is 5.85. The number of fused-ring (bicyclic) bond motifs is 5. The Hall–Kier alpha value is -1.52. The minimum Gasteiger partial charge on any atom is -0.462 e. The Morgan fingerprint density at radius 2 is 1.86 bits per heavy atom. The molecule has 0 spiro atoms. The number of esters is 2. The van der Waals surface area contributed by atoms with Crippen LogP contribution >= 0.6 is 0 Å². The second-order valence-electron chi connectivity index (χ2n) is 15.0. The molecule has 3 N–H and O–H groups in total. The number of hydrogen-bond acceptors (Lipinski definition) is 9. The molecule has 14 atom stereocenters. The second-order valence-corrected chi connectivity index (χ2v) is 15.0. The van der Waals surface area contributed by atoms with E-state index in [0.717, 1.165) is 56.9 Å². The number of aliphatic hydroxyl groups is 3. The second kappa shape index (κ2) is 10.8. The minimum absolute atomic E-state index is 0.0990. The number of cyclic esters (lactones) is 1. The fourth-order valence-corrected chi connectivity index (χ4v) is 11.0. The maximum atomic E-state index is 12.7. The summed E-state index contributed by atoms with van der Waals surface area (Å²) in [5.74, 6) is 0.457. The van der Waals surface area contributed by atoms with Crippen molar-refractivity contribution in [3.05, 3.63) is 11.6 Å². The van der Waals surface area contributed by atoms with Crippen molar-refractivity contribution in [3.63, 3.8) is 0 Å². The minimum atomic E-state index is -0.996. The SMILES string of the molecule is CO[C@@H]1[C@@H](O)[C@H](C)O[C@@H](C[C@H]2CC[C@@]3(C)[C@H](CC[C@@H]4[C@@H]3CC[C@]3(C)[C@@H](C5=CC(=O)OC5)[C@@H](OC(C)=O)C[C@]43O)C2)[C@@H]1O. The molecule has 0 aromatic heterocycles. The fourth-order valence-electron chi connectivity index (χ4n) is 11.0. The average molecular weight is 591 g/mol. The Bertz CT molecular complexity index is 1110. The maximum absolute atomic E-state index is 12.7. The van der Waals surface area contributed by atoms with Gasteiger partial charge in [-0.05, 0) is 93.0 Å². The number of hydrogen-bond donors (Lipinski definition) is 3. The van der Waals surface area contributed by atoms with E-state index in [4.69, 9.17) is 18.9 Å². The molecule has 9 nitrogen and oxygen atoms in total.